The van der Waals surface area contributed by atoms with Crippen molar-refractivity contribution < 1.29 is 43.1 Å². The van der Waals surface area contributed by atoms with E-state index >= 15 is 0 Å². The van der Waals surface area contributed by atoms with E-state index in [9.17, 15) is 40.2 Å². The van der Waals surface area contributed by atoms with Crippen LogP contribution in [0.15, 0.2) is 12.1 Å². The second kappa shape index (κ2) is 10.8. The van der Waals surface area contributed by atoms with E-state index in [1.54, 1.807) is 53.7 Å². The van der Waals surface area contributed by atoms with Gasteiger partial charge in [0.05, 0.1) is 11.1 Å². The van der Waals surface area contributed by atoms with Gasteiger partial charge in [0, 0.05) is 33.0 Å². The predicted octanol–water partition coefficient (Wildman–Crippen LogP) is 6.23. The van der Waals surface area contributed by atoms with E-state index in [-0.39, 0.29) is 85.5 Å². The summed E-state index contributed by atoms with van der Waals surface area (Å²) in [5, 5.41) is 66.4. The Morgan fingerprint density at radius 2 is 0.897 bits per heavy atom. The smallest absolute Gasteiger partial charge is 1.00 e. The van der Waals surface area contributed by atoms with Crippen molar-refractivity contribution in [3.05, 3.63) is 45.5 Å². The third kappa shape index (κ3) is 4.35. The van der Waals surface area contributed by atoms with Crippen molar-refractivity contribution >= 4 is 71.9 Å². The van der Waals surface area contributed by atoms with Gasteiger partial charge < -0.3 is 33.5 Å². The van der Waals surface area contributed by atoms with Crippen LogP contribution in [-0.2, 0) is 0 Å². The van der Waals surface area contributed by atoms with Crippen molar-refractivity contribution in [2.75, 3.05) is 0 Å². The van der Waals surface area contributed by atoms with Crippen LogP contribution < -0.4 is 0 Å². The Labute approximate surface area is 258 Å². The van der Waals surface area contributed by atoms with Gasteiger partial charge in [0.1, 0.15) is 11.5 Å². The molecule has 4 aromatic carbocycles. The molecule has 202 valence electrons. The molecule has 0 aliphatic rings. The minimum absolute atomic E-state index is 0. The molecule has 0 spiro atoms. The number of carbonyl (C=O) groups is 2. The molecule has 0 unspecified atom stereocenters. The zero-order valence-electron chi connectivity index (χ0n) is 24.7. The van der Waals surface area contributed by atoms with Gasteiger partial charge in [-0.15, -0.1) is 0 Å². The fraction of sp³-hybridized carbons (Fsp3) is 0.267. The Hall–Kier alpha value is -3.20. The Morgan fingerprint density at radius 1 is 0.590 bits per heavy atom. The van der Waals surface area contributed by atoms with Crippen LogP contribution in [0.4, 0.5) is 0 Å². The van der Waals surface area contributed by atoms with Crippen molar-refractivity contribution in [3.8, 4) is 45.6 Å². The quantitative estimate of drug-likeness (QED) is 0.0954. The van der Waals surface area contributed by atoms with Crippen LogP contribution in [0.25, 0.3) is 32.7 Å². The molecule has 0 aromatic heterocycles. The second-order valence-electron chi connectivity index (χ2n) is 10.3. The van der Waals surface area contributed by atoms with E-state index in [0.29, 0.717) is 45.6 Å². The number of hydrogen-bond acceptors (Lipinski definition) is 8. The zero-order valence-corrected chi connectivity index (χ0v) is 24.9. The Balaban J connectivity index is 0.00000280. The van der Waals surface area contributed by atoms with Crippen LogP contribution in [0.2, 0.25) is 0 Å². The minimum atomic E-state index is -0.661. The molecule has 0 bridgehead atoms. The van der Waals surface area contributed by atoms with Gasteiger partial charge in [-0.2, -0.15) is 0 Å². The summed E-state index contributed by atoms with van der Waals surface area (Å²) in [6.07, 6.45) is 0.682. The Bertz CT molecular complexity index is 1570. The summed E-state index contributed by atoms with van der Waals surface area (Å²) in [6.45, 7) is 10.5. The fourth-order valence-corrected chi connectivity index (χ4v) is 5.60. The number of carbonyl (C=O) groups excluding carboxylic acids is 2. The Morgan fingerprint density at radius 3 is 1.15 bits per heavy atom. The van der Waals surface area contributed by atoms with Crippen molar-refractivity contribution in [3.63, 3.8) is 0 Å². The molecule has 0 amide bonds. The monoisotopic (exact) mass is 560 g/mol. The molecule has 0 aliphatic heterocycles. The number of fused-ring (bicyclic) bond motifs is 2. The maximum atomic E-state index is 12.0. The molecule has 0 heterocycles. The van der Waals surface area contributed by atoms with E-state index in [2.05, 4.69) is 0 Å². The largest absolute Gasteiger partial charge is 2.00 e. The second-order valence-corrected chi connectivity index (χ2v) is 10.3. The molecular weight excluding hydrogens is 528 g/mol. The molecule has 4 rings (SSSR count). The number of aldehydes is 2. The Kier molecular flexibility index (Phi) is 8.37. The van der Waals surface area contributed by atoms with Gasteiger partial charge >= 0.3 is 37.7 Å². The summed E-state index contributed by atoms with van der Waals surface area (Å²) in [6, 6.07) is 3.31. The number of benzene rings is 4. The number of phenols is 6. The van der Waals surface area contributed by atoms with Crippen LogP contribution in [0.1, 0.15) is 85.4 Å². The molecule has 0 aliphatic carbocycles. The molecule has 9 heteroatoms. The number of aromatic hydroxyl groups is 6. The van der Waals surface area contributed by atoms with E-state index in [1.165, 1.54) is 0 Å². The van der Waals surface area contributed by atoms with Crippen LogP contribution >= 0.6 is 0 Å². The standard InChI is InChI=1S/C30H30O8.Ca.2H/c1-11(2)19-15-7-13(5)21(27(35)23(15)17(9-31)25(33)29(19)37)22-14(6)8-16-20(12(3)4)30(38)26(34)18(10-32)24(16)28(22)36;;;/h7-12,33-38H,1-6H3;;;/q;+2;2*-1. The van der Waals surface area contributed by atoms with Crippen molar-refractivity contribution in [2.24, 2.45) is 0 Å². The summed E-state index contributed by atoms with van der Waals surface area (Å²) < 4.78 is 0. The molecule has 0 saturated carbocycles. The topological polar surface area (TPSA) is 156 Å². The van der Waals surface area contributed by atoms with Gasteiger partial charge in [-0.05, 0) is 47.6 Å². The molecular formula is C30H32CaO8. The number of phenolic OH excluding ortho intramolecular Hbond substituents is 6. The van der Waals surface area contributed by atoms with Crippen LogP contribution in [0.3, 0.4) is 0 Å². The molecule has 39 heavy (non-hydrogen) atoms. The molecule has 0 saturated heterocycles. The van der Waals surface area contributed by atoms with Crippen LogP contribution in [-0.4, -0.2) is 80.9 Å². The van der Waals surface area contributed by atoms with E-state index < -0.39 is 34.5 Å². The number of rotatable bonds is 5. The van der Waals surface area contributed by atoms with E-state index in [1.807, 2.05) is 0 Å². The molecule has 4 aromatic rings. The van der Waals surface area contributed by atoms with Gasteiger partial charge in [-0.1, -0.05) is 39.8 Å². The van der Waals surface area contributed by atoms with Crippen molar-refractivity contribution in [2.45, 2.75) is 53.4 Å². The average molecular weight is 561 g/mol. The average Bonchev–Trinajstić information content (AvgIpc) is 2.83. The SMILES string of the molecule is Cc1cc2c(C(C)C)c(O)c(O)c(C=O)c2c(O)c1-c1c(C)cc2c(C(C)C)c(O)c(O)c(C=O)c2c1O.[Ca+2].[H-].[H-]. The summed E-state index contributed by atoms with van der Waals surface area (Å²) in [4.78, 5) is 24.0. The van der Waals surface area contributed by atoms with Gasteiger partial charge in [-0.25, -0.2) is 0 Å². The first-order chi connectivity index (χ1) is 17.8. The summed E-state index contributed by atoms with van der Waals surface area (Å²) in [7, 11) is 0. The molecule has 0 atom stereocenters. The summed E-state index contributed by atoms with van der Waals surface area (Å²) in [5.41, 5.74) is 1.33. The molecule has 0 fully saturated rings. The zero-order chi connectivity index (χ0) is 28.4. The third-order valence-corrected chi connectivity index (χ3v) is 7.22. The van der Waals surface area contributed by atoms with Crippen molar-refractivity contribution in [1.82, 2.24) is 0 Å². The number of hydrogen-bond donors (Lipinski definition) is 6. The van der Waals surface area contributed by atoms with Gasteiger partial charge in [0.2, 0.25) is 0 Å². The van der Waals surface area contributed by atoms with Gasteiger partial charge in [0.25, 0.3) is 0 Å². The molecule has 8 nitrogen and oxygen atoms in total. The van der Waals surface area contributed by atoms with E-state index in [0.717, 1.165) is 0 Å². The van der Waals surface area contributed by atoms with Gasteiger partial charge in [0.15, 0.2) is 35.6 Å². The number of aryl methyl sites for hydroxylation is 2. The van der Waals surface area contributed by atoms with Gasteiger partial charge in [-0.3, -0.25) is 9.59 Å². The molecule has 6 N–H and O–H groups in total. The predicted molar refractivity (Wildman–Crippen MR) is 153 cm³/mol. The maximum absolute atomic E-state index is 12.0. The third-order valence-electron chi connectivity index (χ3n) is 7.22. The summed E-state index contributed by atoms with van der Waals surface area (Å²) >= 11 is 0. The summed E-state index contributed by atoms with van der Waals surface area (Å²) in [5.74, 6) is -3.57. The van der Waals surface area contributed by atoms with Crippen molar-refractivity contribution in [1.29, 1.82) is 0 Å². The van der Waals surface area contributed by atoms with Crippen LogP contribution in [0, 0.1) is 13.8 Å². The first-order valence-electron chi connectivity index (χ1n) is 12.2. The molecule has 0 radical (unpaired) electrons. The first kappa shape index (κ1) is 30.3. The normalized spacial score (nSPS) is 11.4. The van der Waals surface area contributed by atoms with E-state index in [4.69, 9.17) is 0 Å². The minimum Gasteiger partial charge on any atom is -1.00 e. The fourth-order valence-electron chi connectivity index (χ4n) is 5.60. The van der Waals surface area contributed by atoms with Crippen LogP contribution in [0.5, 0.6) is 34.5 Å². The maximum Gasteiger partial charge on any atom is 2.00 e. The first-order valence-corrected chi connectivity index (χ1v) is 12.2.